The average Bonchev–Trinajstić information content (AvgIpc) is 2.36. The summed E-state index contributed by atoms with van der Waals surface area (Å²) in [7, 11) is 0. The van der Waals surface area contributed by atoms with E-state index in [0.29, 0.717) is 17.4 Å². The first-order valence-electron chi connectivity index (χ1n) is 6.40. The van der Waals surface area contributed by atoms with Gasteiger partial charge >= 0.3 is 0 Å². The lowest BCUT2D eigenvalue weighted by Gasteiger charge is -2.34. The summed E-state index contributed by atoms with van der Waals surface area (Å²) in [5.41, 5.74) is 0.572. The Morgan fingerprint density at radius 3 is 2.67 bits per heavy atom. The maximum absolute atomic E-state index is 13.0. The van der Waals surface area contributed by atoms with Gasteiger partial charge in [-0.15, -0.1) is 0 Å². The van der Waals surface area contributed by atoms with Crippen LogP contribution in [0.2, 0.25) is 5.02 Å². The topological polar surface area (TPSA) is 23.8 Å². The maximum atomic E-state index is 13.0. The lowest BCUT2D eigenvalue weighted by atomic mass is 9.69. The molecule has 1 aromatic rings. The van der Waals surface area contributed by atoms with Gasteiger partial charge in [-0.1, -0.05) is 24.6 Å². The Morgan fingerprint density at radius 1 is 1.44 bits per heavy atom. The molecule has 3 heteroatoms. The van der Waals surface area contributed by atoms with Crippen LogP contribution in [-0.4, -0.2) is 0 Å². The predicted octanol–water partition coefficient (Wildman–Crippen LogP) is 4.74. The zero-order valence-corrected chi connectivity index (χ0v) is 11.3. The minimum Gasteiger partial charge on any atom is -0.207 e. The van der Waals surface area contributed by atoms with Crippen molar-refractivity contribution in [2.24, 2.45) is 11.3 Å². The first-order chi connectivity index (χ1) is 8.54. The van der Waals surface area contributed by atoms with Crippen molar-refractivity contribution in [2.75, 3.05) is 0 Å². The summed E-state index contributed by atoms with van der Waals surface area (Å²) in [4.78, 5) is 0. The van der Waals surface area contributed by atoms with Crippen LogP contribution in [0.3, 0.4) is 0 Å². The van der Waals surface area contributed by atoms with Crippen LogP contribution in [0.1, 0.15) is 38.2 Å². The van der Waals surface area contributed by atoms with Gasteiger partial charge in [-0.25, -0.2) is 4.39 Å². The van der Waals surface area contributed by atoms with E-state index in [4.69, 9.17) is 11.6 Å². The van der Waals surface area contributed by atoms with Crippen LogP contribution < -0.4 is 0 Å². The number of hydrogen-bond donors (Lipinski definition) is 0. The van der Waals surface area contributed by atoms with E-state index in [-0.39, 0.29) is 11.2 Å². The number of halogens is 2. The van der Waals surface area contributed by atoms with Crippen molar-refractivity contribution >= 4 is 11.6 Å². The van der Waals surface area contributed by atoms with Crippen LogP contribution in [0.5, 0.6) is 0 Å². The summed E-state index contributed by atoms with van der Waals surface area (Å²) < 4.78 is 13.0. The third-order valence-electron chi connectivity index (χ3n) is 4.01. The first-order valence-corrected chi connectivity index (χ1v) is 6.78. The van der Waals surface area contributed by atoms with Gasteiger partial charge in [0.25, 0.3) is 0 Å². The van der Waals surface area contributed by atoms with E-state index in [2.05, 4.69) is 13.0 Å². The van der Waals surface area contributed by atoms with Gasteiger partial charge < -0.3 is 0 Å². The molecule has 0 aliphatic heterocycles. The van der Waals surface area contributed by atoms with Crippen molar-refractivity contribution in [3.05, 3.63) is 34.6 Å². The molecule has 0 amide bonds. The maximum Gasteiger partial charge on any atom is 0.124 e. The SMILES string of the molecule is CC1CCC(C#N)(Cc2ccc(F)cc2Cl)CC1. The van der Waals surface area contributed by atoms with E-state index in [1.54, 1.807) is 6.07 Å². The van der Waals surface area contributed by atoms with Gasteiger partial charge in [-0.05, 0) is 55.7 Å². The van der Waals surface area contributed by atoms with Gasteiger partial charge in [0.2, 0.25) is 0 Å². The number of nitriles is 1. The summed E-state index contributed by atoms with van der Waals surface area (Å²) in [6.45, 7) is 2.23. The van der Waals surface area contributed by atoms with E-state index in [1.165, 1.54) is 12.1 Å². The summed E-state index contributed by atoms with van der Waals surface area (Å²) in [6, 6.07) is 6.92. The van der Waals surface area contributed by atoms with Gasteiger partial charge in [0.05, 0.1) is 11.5 Å². The summed E-state index contributed by atoms with van der Waals surface area (Å²) in [5.74, 6) is 0.377. The van der Waals surface area contributed by atoms with E-state index in [1.807, 2.05) is 0 Å². The molecule has 0 spiro atoms. The molecule has 0 aromatic heterocycles. The average molecular weight is 266 g/mol. The number of hydrogen-bond acceptors (Lipinski definition) is 1. The van der Waals surface area contributed by atoms with Gasteiger partial charge in [0.15, 0.2) is 0 Å². The summed E-state index contributed by atoms with van der Waals surface area (Å²) in [6.07, 6.45) is 4.64. The number of rotatable bonds is 2. The van der Waals surface area contributed by atoms with Gasteiger partial charge in [0.1, 0.15) is 5.82 Å². The predicted molar refractivity (Wildman–Crippen MR) is 70.8 cm³/mol. The van der Waals surface area contributed by atoms with Gasteiger partial charge in [0, 0.05) is 5.02 Å². The van der Waals surface area contributed by atoms with Crippen molar-refractivity contribution in [1.82, 2.24) is 0 Å². The van der Waals surface area contributed by atoms with E-state index in [9.17, 15) is 9.65 Å². The van der Waals surface area contributed by atoms with Crippen LogP contribution in [0.4, 0.5) is 4.39 Å². The number of nitrogens with zero attached hydrogens (tertiary/aromatic N) is 1. The van der Waals surface area contributed by atoms with Crippen LogP contribution in [0, 0.1) is 28.5 Å². The molecular weight excluding hydrogens is 249 g/mol. The highest BCUT2D eigenvalue weighted by molar-refractivity contribution is 6.31. The van der Waals surface area contributed by atoms with E-state index >= 15 is 0 Å². The lowest BCUT2D eigenvalue weighted by molar-refractivity contribution is 0.219. The highest BCUT2D eigenvalue weighted by atomic mass is 35.5. The van der Waals surface area contributed by atoms with E-state index in [0.717, 1.165) is 31.2 Å². The molecule has 1 nitrogen and oxygen atoms in total. The first kappa shape index (κ1) is 13.4. The molecule has 18 heavy (non-hydrogen) atoms. The van der Waals surface area contributed by atoms with Crippen LogP contribution >= 0.6 is 11.6 Å². The molecule has 96 valence electrons. The minimum atomic E-state index is -0.327. The highest BCUT2D eigenvalue weighted by Crippen LogP contribution is 2.41. The third kappa shape index (κ3) is 2.84. The lowest BCUT2D eigenvalue weighted by Crippen LogP contribution is -2.27. The minimum absolute atomic E-state index is 0.312. The van der Waals surface area contributed by atoms with Crippen LogP contribution in [0.25, 0.3) is 0 Å². The summed E-state index contributed by atoms with van der Waals surface area (Å²) >= 11 is 6.05. The molecule has 0 radical (unpaired) electrons. The monoisotopic (exact) mass is 265 g/mol. The molecule has 0 heterocycles. The Hall–Kier alpha value is -1.07. The molecular formula is C15H17ClFN. The largest absolute Gasteiger partial charge is 0.207 e. The number of benzene rings is 1. The fraction of sp³-hybridized carbons (Fsp3) is 0.533. The zero-order valence-electron chi connectivity index (χ0n) is 10.5. The Kier molecular flexibility index (Phi) is 3.92. The van der Waals surface area contributed by atoms with Crippen molar-refractivity contribution in [1.29, 1.82) is 5.26 Å². The molecule has 0 atom stereocenters. The van der Waals surface area contributed by atoms with Crippen molar-refractivity contribution in [3.63, 3.8) is 0 Å². The second kappa shape index (κ2) is 5.28. The Morgan fingerprint density at radius 2 is 2.11 bits per heavy atom. The van der Waals surface area contributed by atoms with Crippen molar-refractivity contribution < 1.29 is 4.39 Å². The molecule has 0 N–H and O–H groups in total. The molecule has 1 saturated carbocycles. The smallest absolute Gasteiger partial charge is 0.124 e. The molecule has 1 aliphatic rings. The highest BCUT2D eigenvalue weighted by Gasteiger charge is 2.34. The van der Waals surface area contributed by atoms with Crippen LogP contribution in [-0.2, 0) is 6.42 Å². The zero-order chi connectivity index (χ0) is 13.2. The second-order valence-corrected chi connectivity index (χ2v) is 5.89. The van der Waals surface area contributed by atoms with Gasteiger partial charge in [-0.3, -0.25) is 0 Å². The van der Waals surface area contributed by atoms with Crippen molar-refractivity contribution in [2.45, 2.75) is 39.0 Å². The summed E-state index contributed by atoms with van der Waals surface area (Å²) in [5, 5.41) is 9.90. The van der Waals surface area contributed by atoms with E-state index < -0.39 is 0 Å². The molecule has 0 saturated heterocycles. The normalized spacial score (nSPS) is 27.8. The van der Waals surface area contributed by atoms with Crippen molar-refractivity contribution in [3.8, 4) is 6.07 Å². The molecule has 2 rings (SSSR count). The molecule has 1 aliphatic carbocycles. The molecule has 0 unspecified atom stereocenters. The van der Waals surface area contributed by atoms with Gasteiger partial charge in [-0.2, -0.15) is 5.26 Å². The second-order valence-electron chi connectivity index (χ2n) is 5.49. The standard InChI is InChI=1S/C15H17ClFN/c1-11-4-6-15(10-18,7-5-11)9-12-2-3-13(17)8-14(12)16/h2-3,8,11H,4-7,9H2,1H3. The molecule has 0 bridgehead atoms. The molecule has 1 aromatic carbocycles. The van der Waals surface area contributed by atoms with Crippen LogP contribution in [0.15, 0.2) is 18.2 Å². The Bertz CT molecular complexity index is 470. The Labute approximate surface area is 113 Å². The fourth-order valence-corrected chi connectivity index (χ4v) is 2.91. The third-order valence-corrected chi connectivity index (χ3v) is 4.36. The molecule has 1 fully saturated rings. The quantitative estimate of drug-likeness (QED) is 0.758. The fourth-order valence-electron chi connectivity index (χ4n) is 2.67. The Balaban J connectivity index is 2.18.